The zero-order valence-corrected chi connectivity index (χ0v) is 11.5. The molecule has 0 bridgehead atoms. The monoisotopic (exact) mass is 258 g/mol. The standard InChI is InChI=1S/C14H14N2OS/c1-8-13(15-9(2)18-8)10-4-5-12-11(6-10)7-16(3)14(12)17/h4-6H,7H2,1-3H3. The molecule has 0 radical (unpaired) electrons. The third-order valence-electron chi connectivity index (χ3n) is 3.27. The van der Waals surface area contributed by atoms with E-state index in [1.165, 1.54) is 4.88 Å². The number of aromatic nitrogens is 1. The SMILES string of the molecule is Cc1nc(-c2ccc3c(c2)CN(C)C3=O)c(C)s1. The molecule has 0 spiro atoms. The van der Waals surface area contributed by atoms with Crippen LogP contribution < -0.4 is 0 Å². The van der Waals surface area contributed by atoms with Crippen LogP contribution in [-0.2, 0) is 6.54 Å². The van der Waals surface area contributed by atoms with Crippen molar-refractivity contribution in [2.75, 3.05) is 7.05 Å². The summed E-state index contributed by atoms with van der Waals surface area (Å²) in [5, 5.41) is 1.08. The Labute approximate surface area is 110 Å². The number of benzene rings is 1. The van der Waals surface area contributed by atoms with E-state index in [2.05, 4.69) is 18.0 Å². The topological polar surface area (TPSA) is 33.2 Å². The van der Waals surface area contributed by atoms with Gasteiger partial charge in [-0.3, -0.25) is 4.79 Å². The van der Waals surface area contributed by atoms with Crippen molar-refractivity contribution < 1.29 is 4.79 Å². The number of amides is 1. The van der Waals surface area contributed by atoms with Crippen molar-refractivity contribution in [3.05, 3.63) is 39.2 Å². The Kier molecular flexibility index (Phi) is 2.48. The van der Waals surface area contributed by atoms with Gasteiger partial charge in [-0.15, -0.1) is 11.3 Å². The summed E-state index contributed by atoms with van der Waals surface area (Å²) >= 11 is 1.71. The Hall–Kier alpha value is -1.68. The van der Waals surface area contributed by atoms with Crippen LogP contribution in [0.5, 0.6) is 0 Å². The molecule has 3 rings (SSSR count). The van der Waals surface area contributed by atoms with E-state index in [-0.39, 0.29) is 5.91 Å². The zero-order valence-electron chi connectivity index (χ0n) is 10.7. The number of hydrogen-bond donors (Lipinski definition) is 0. The molecule has 0 atom stereocenters. The van der Waals surface area contributed by atoms with E-state index in [9.17, 15) is 4.79 Å². The fraction of sp³-hybridized carbons (Fsp3) is 0.286. The maximum Gasteiger partial charge on any atom is 0.254 e. The number of carbonyl (C=O) groups is 1. The molecule has 0 saturated carbocycles. The summed E-state index contributed by atoms with van der Waals surface area (Å²) in [5.41, 5.74) is 4.08. The Morgan fingerprint density at radius 1 is 1.33 bits per heavy atom. The first kappa shape index (κ1) is 11.4. The molecule has 1 aromatic carbocycles. The second-order valence-corrected chi connectivity index (χ2v) is 6.08. The first-order valence-corrected chi connectivity index (χ1v) is 6.70. The van der Waals surface area contributed by atoms with Crippen LogP contribution in [0.15, 0.2) is 18.2 Å². The van der Waals surface area contributed by atoms with Crippen LogP contribution in [0.1, 0.15) is 25.8 Å². The molecule has 1 aliphatic rings. The van der Waals surface area contributed by atoms with Gasteiger partial charge in [0.25, 0.3) is 5.91 Å². The number of nitrogens with zero attached hydrogens (tertiary/aromatic N) is 2. The molecule has 1 amide bonds. The number of aryl methyl sites for hydroxylation is 2. The maximum atomic E-state index is 11.8. The third-order valence-corrected chi connectivity index (χ3v) is 4.15. The number of fused-ring (bicyclic) bond motifs is 1. The number of rotatable bonds is 1. The van der Waals surface area contributed by atoms with E-state index in [1.807, 2.05) is 26.1 Å². The lowest BCUT2D eigenvalue weighted by Gasteiger charge is -2.04. The van der Waals surface area contributed by atoms with Gasteiger partial charge in [0.1, 0.15) is 0 Å². The van der Waals surface area contributed by atoms with Crippen LogP contribution in [0.3, 0.4) is 0 Å². The second-order valence-electron chi connectivity index (χ2n) is 4.67. The highest BCUT2D eigenvalue weighted by molar-refractivity contribution is 7.11. The smallest absolute Gasteiger partial charge is 0.254 e. The first-order chi connectivity index (χ1) is 8.56. The summed E-state index contributed by atoms with van der Waals surface area (Å²) < 4.78 is 0. The van der Waals surface area contributed by atoms with Crippen LogP contribution >= 0.6 is 11.3 Å². The van der Waals surface area contributed by atoms with E-state index in [1.54, 1.807) is 16.2 Å². The number of thiazole rings is 1. The van der Waals surface area contributed by atoms with Gasteiger partial charge in [0.15, 0.2) is 0 Å². The average molecular weight is 258 g/mol. The molecule has 0 aliphatic carbocycles. The Morgan fingerprint density at radius 2 is 2.11 bits per heavy atom. The molecule has 1 aromatic heterocycles. The molecule has 0 N–H and O–H groups in total. The fourth-order valence-electron chi connectivity index (χ4n) is 2.41. The van der Waals surface area contributed by atoms with Crippen molar-refractivity contribution in [3.63, 3.8) is 0 Å². The van der Waals surface area contributed by atoms with Gasteiger partial charge in [-0.05, 0) is 31.5 Å². The summed E-state index contributed by atoms with van der Waals surface area (Å²) in [6.07, 6.45) is 0. The minimum absolute atomic E-state index is 0.114. The van der Waals surface area contributed by atoms with Crippen LogP contribution in [0.2, 0.25) is 0 Å². The van der Waals surface area contributed by atoms with Gasteiger partial charge < -0.3 is 4.90 Å². The largest absolute Gasteiger partial charge is 0.337 e. The minimum Gasteiger partial charge on any atom is -0.337 e. The van der Waals surface area contributed by atoms with Crippen LogP contribution in [0.25, 0.3) is 11.3 Å². The summed E-state index contributed by atoms with van der Waals surface area (Å²) in [5.74, 6) is 0.114. The highest BCUT2D eigenvalue weighted by atomic mass is 32.1. The third kappa shape index (κ3) is 1.64. The van der Waals surface area contributed by atoms with Crippen molar-refractivity contribution in [1.29, 1.82) is 0 Å². The lowest BCUT2D eigenvalue weighted by atomic mass is 10.0. The molecule has 0 fully saturated rings. The summed E-state index contributed by atoms with van der Waals surface area (Å²) in [7, 11) is 1.83. The van der Waals surface area contributed by atoms with Crippen molar-refractivity contribution in [2.24, 2.45) is 0 Å². The Bertz CT molecular complexity index is 645. The van der Waals surface area contributed by atoms with Gasteiger partial charge in [0.2, 0.25) is 0 Å². The normalized spacial score (nSPS) is 14.2. The zero-order chi connectivity index (χ0) is 12.9. The van der Waals surface area contributed by atoms with Crippen molar-refractivity contribution >= 4 is 17.2 Å². The molecular formula is C14H14N2OS. The molecule has 0 unspecified atom stereocenters. The summed E-state index contributed by atoms with van der Waals surface area (Å²) in [6.45, 7) is 4.81. The molecular weight excluding hydrogens is 244 g/mol. The Balaban J connectivity index is 2.10. The lowest BCUT2D eigenvalue weighted by molar-refractivity contribution is 0.0816. The maximum absolute atomic E-state index is 11.8. The lowest BCUT2D eigenvalue weighted by Crippen LogP contribution is -2.17. The molecule has 0 saturated heterocycles. The van der Waals surface area contributed by atoms with Gasteiger partial charge >= 0.3 is 0 Å². The van der Waals surface area contributed by atoms with E-state index >= 15 is 0 Å². The number of hydrogen-bond acceptors (Lipinski definition) is 3. The molecule has 1 aliphatic heterocycles. The number of carbonyl (C=O) groups excluding carboxylic acids is 1. The van der Waals surface area contributed by atoms with Crippen LogP contribution in [0.4, 0.5) is 0 Å². The highest BCUT2D eigenvalue weighted by Crippen LogP contribution is 2.31. The molecule has 18 heavy (non-hydrogen) atoms. The molecule has 2 aromatic rings. The van der Waals surface area contributed by atoms with E-state index in [0.29, 0.717) is 6.54 Å². The quantitative estimate of drug-likeness (QED) is 0.787. The molecule has 92 valence electrons. The first-order valence-electron chi connectivity index (χ1n) is 5.89. The second kappa shape index (κ2) is 3.92. The van der Waals surface area contributed by atoms with Gasteiger partial charge in [-0.1, -0.05) is 6.07 Å². The highest BCUT2D eigenvalue weighted by Gasteiger charge is 2.24. The fourth-order valence-corrected chi connectivity index (χ4v) is 3.25. The summed E-state index contributed by atoms with van der Waals surface area (Å²) in [4.78, 5) is 19.4. The van der Waals surface area contributed by atoms with Crippen molar-refractivity contribution in [2.45, 2.75) is 20.4 Å². The minimum atomic E-state index is 0.114. The summed E-state index contributed by atoms with van der Waals surface area (Å²) in [6, 6.07) is 6.01. The predicted molar refractivity (Wildman–Crippen MR) is 72.8 cm³/mol. The van der Waals surface area contributed by atoms with E-state index < -0.39 is 0 Å². The molecule has 2 heterocycles. The van der Waals surface area contributed by atoms with Gasteiger partial charge in [-0.25, -0.2) is 4.98 Å². The Morgan fingerprint density at radius 3 is 2.78 bits per heavy atom. The van der Waals surface area contributed by atoms with Gasteiger partial charge in [0.05, 0.1) is 10.7 Å². The average Bonchev–Trinajstić information content (AvgIpc) is 2.80. The van der Waals surface area contributed by atoms with Gasteiger partial charge in [-0.2, -0.15) is 0 Å². The molecule has 3 nitrogen and oxygen atoms in total. The van der Waals surface area contributed by atoms with Gasteiger partial charge in [0, 0.05) is 29.6 Å². The molecule has 4 heteroatoms. The van der Waals surface area contributed by atoms with Crippen molar-refractivity contribution in [3.8, 4) is 11.3 Å². The van der Waals surface area contributed by atoms with Crippen LogP contribution in [0, 0.1) is 13.8 Å². The van der Waals surface area contributed by atoms with E-state index in [4.69, 9.17) is 0 Å². The van der Waals surface area contributed by atoms with E-state index in [0.717, 1.165) is 27.4 Å². The van der Waals surface area contributed by atoms with Crippen LogP contribution in [-0.4, -0.2) is 22.8 Å². The van der Waals surface area contributed by atoms with Crippen molar-refractivity contribution in [1.82, 2.24) is 9.88 Å². The predicted octanol–water partition coefficient (Wildman–Crippen LogP) is 3.01.